The third-order valence-electron chi connectivity index (χ3n) is 3.30. The van der Waals surface area contributed by atoms with Gasteiger partial charge in [-0.1, -0.05) is 54.1 Å². The molecule has 1 heterocycles. The van der Waals surface area contributed by atoms with Crippen LogP contribution in [0.25, 0.3) is 6.08 Å². The molecule has 26 heavy (non-hydrogen) atoms. The molecule has 0 bridgehead atoms. The van der Waals surface area contributed by atoms with E-state index in [4.69, 9.17) is 16.3 Å². The highest BCUT2D eigenvalue weighted by Crippen LogP contribution is 2.33. The summed E-state index contributed by atoms with van der Waals surface area (Å²) in [6, 6.07) is 10.3. The summed E-state index contributed by atoms with van der Waals surface area (Å²) in [7, 11) is 0. The molecule has 0 aliphatic carbocycles. The van der Waals surface area contributed by atoms with Crippen molar-refractivity contribution in [3.05, 3.63) is 70.5 Å². The van der Waals surface area contributed by atoms with Gasteiger partial charge < -0.3 is 10.1 Å². The van der Waals surface area contributed by atoms with Crippen LogP contribution < -0.4 is 5.32 Å². The molecular weight excluding hydrogens is 369 g/mol. The summed E-state index contributed by atoms with van der Waals surface area (Å²) < 4.78 is 43.7. The second kappa shape index (κ2) is 9.24. The molecule has 0 unspecified atom stereocenters. The Morgan fingerprint density at radius 3 is 2.69 bits per heavy atom. The summed E-state index contributed by atoms with van der Waals surface area (Å²) in [5.74, 6) is 0. The molecule has 0 fully saturated rings. The van der Waals surface area contributed by atoms with Crippen LogP contribution >= 0.6 is 11.6 Å². The van der Waals surface area contributed by atoms with E-state index in [0.29, 0.717) is 12.6 Å². The second-order valence-corrected chi connectivity index (χ2v) is 5.66. The first-order valence-electron chi connectivity index (χ1n) is 7.70. The Bertz CT molecular complexity index is 765. The predicted molar refractivity (Wildman–Crippen MR) is 92.5 cm³/mol. The Morgan fingerprint density at radius 2 is 2.00 bits per heavy atom. The van der Waals surface area contributed by atoms with Crippen LogP contribution in [0.3, 0.4) is 0 Å². The van der Waals surface area contributed by atoms with Gasteiger partial charge in [0.25, 0.3) is 0 Å². The number of rotatable bonds is 6. The van der Waals surface area contributed by atoms with Gasteiger partial charge in [0.1, 0.15) is 11.8 Å². The first kappa shape index (κ1) is 19.8. The van der Waals surface area contributed by atoms with Crippen LogP contribution in [0.5, 0.6) is 0 Å². The highest BCUT2D eigenvalue weighted by atomic mass is 35.5. The fourth-order valence-corrected chi connectivity index (χ4v) is 2.23. The Kier molecular flexibility index (Phi) is 7.03. The van der Waals surface area contributed by atoms with E-state index in [0.717, 1.165) is 11.6 Å². The molecule has 2 rings (SSSR count). The summed E-state index contributed by atoms with van der Waals surface area (Å²) >= 11 is 5.65. The Hall–Kier alpha value is -2.54. The largest absolute Gasteiger partial charge is 0.445 e. The van der Waals surface area contributed by atoms with Gasteiger partial charge >= 0.3 is 12.3 Å². The van der Waals surface area contributed by atoms with Gasteiger partial charge in [0.15, 0.2) is 0 Å². The zero-order valence-corrected chi connectivity index (χ0v) is 14.3. The number of carbonyl (C=O) groups excluding carboxylic acids is 1. The number of pyridine rings is 1. The number of ether oxygens (including phenoxy) is 1. The molecule has 2 aromatic rings. The lowest BCUT2D eigenvalue weighted by Crippen LogP contribution is -2.24. The minimum Gasteiger partial charge on any atom is -0.445 e. The molecule has 1 N–H and O–H groups in total. The lowest BCUT2D eigenvalue weighted by Gasteiger charge is -2.09. The van der Waals surface area contributed by atoms with Gasteiger partial charge in [-0.2, -0.15) is 13.2 Å². The van der Waals surface area contributed by atoms with Gasteiger partial charge in [-0.15, -0.1) is 0 Å². The molecule has 0 aliphatic heterocycles. The third-order valence-corrected chi connectivity index (χ3v) is 3.51. The molecular formula is C18H16ClF3N2O2. The predicted octanol–water partition coefficient (Wildman–Crippen LogP) is 5.08. The van der Waals surface area contributed by atoms with Crippen molar-refractivity contribution >= 4 is 23.8 Å². The number of carbonyl (C=O) groups is 1. The molecule has 1 amide bonds. The third kappa shape index (κ3) is 6.40. The maximum atomic E-state index is 12.9. The van der Waals surface area contributed by atoms with Crippen molar-refractivity contribution in [2.24, 2.45) is 0 Å². The lowest BCUT2D eigenvalue weighted by molar-refractivity contribution is -0.138. The van der Waals surface area contributed by atoms with Crippen LogP contribution in [0.4, 0.5) is 18.0 Å². The van der Waals surface area contributed by atoms with Crippen molar-refractivity contribution in [2.75, 3.05) is 6.54 Å². The fraction of sp³-hybridized carbons (Fsp3) is 0.222. The number of hydrogen-bond acceptors (Lipinski definition) is 3. The van der Waals surface area contributed by atoms with Gasteiger partial charge in [0.05, 0.1) is 5.56 Å². The highest BCUT2D eigenvalue weighted by Gasteiger charge is 2.33. The average Bonchev–Trinajstić information content (AvgIpc) is 2.59. The molecule has 1 aromatic carbocycles. The summed E-state index contributed by atoms with van der Waals surface area (Å²) in [4.78, 5) is 15.0. The highest BCUT2D eigenvalue weighted by molar-refractivity contribution is 6.29. The number of nitrogens with zero attached hydrogens (tertiary/aromatic N) is 1. The fourth-order valence-electron chi connectivity index (χ4n) is 2.06. The van der Waals surface area contributed by atoms with E-state index < -0.39 is 17.8 Å². The summed E-state index contributed by atoms with van der Waals surface area (Å²) in [6.07, 6.45) is -1.27. The number of alkyl carbamates (subject to hydrolysis) is 1. The van der Waals surface area contributed by atoms with Gasteiger partial charge in [-0.25, -0.2) is 9.78 Å². The van der Waals surface area contributed by atoms with Crippen molar-refractivity contribution in [1.29, 1.82) is 0 Å². The average molecular weight is 385 g/mol. The van der Waals surface area contributed by atoms with Crippen molar-refractivity contribution < 1.29 is 22.7 Å². The van der Waals surface area contributed by atoms with Crippen molar-refractivity contribution in [1.82, 2.24) is 10.3 Å². The van der Waals surface area contributed by atoms with Crippen LogP contribution in [-0.4, -0.2) is 17.6 Å². The van der Waals surface area contributed by atoms with Crippen LogP contribution in [-0.2, 0) is 17.5 Å². The number of hydrogen-bond donors (Lipinski definition) is 1. The molecule has 138 valence electrons. The quantitative estimate of drug-likeness (QED) is 0.558. The molecule has 0 saturated heterocycles. The van der Waals surface area contributed by atoms with Crippen LogP contribution in [0, 0.1) is 0 Å². The number of aromatic nitrogens is 1. The minimum absolute atomic E-state index is 0.0275. The van der Waals surface area contributed by atoms with E-state index in [1.54, 1.807) is 0 Å². The molecule has 1 aromatic heterocycles. The molecule has 0 spiro atoms. The summed E-state index contributed by atoms with van der Waals surface area (Å²) in [5.41, 5.74) is -0.0886. The van der Waals surface area contributed by atoms with Gasteiger partial charge in [0, 0.05) is 12.7 Å². The van der Waals surface area contributed by atoms with E-state index in [-0.39, 0.29) is 23.9 Å². The normalized spacial score (nSPS) is 11.5. The maximum absolute atomic E-state index is 12.9. The van der Waals surface area contributed by atoms with E-state index in [1.165, 1.54) is 12.2 Å². The molecule has 0 aliphatic rings. The van der Waals surface area contributed by atoms with E-state index >= 15 is 0 Å². The Labute approximate surface area is 153 Å². The van der Waals surface area contributed by atoms with E-state index in [2.05, 4.69) is 10.3 Å². The van der Waals surface area contributed by atoms with Gasteiger partial charge in [0.2, 0.25) is 0 Å². The van der Waals surface area contributed by atoms with Gasteiger partial charge in [-0.3, -0.25) is 0 Å². The topological polar surface area (TPSA) is 51.2 Å². The summed E-state index contributed by atoms with van der Waals surface area (Å²) in [5, 5.41) is 2.49. The minimum atomic E-state index is -4.52. The number of benzene rings is 1. The second-order valence-electron chi connectivity index (χ2n) is 5.27. The molecule has 0 radical (unpaired) electrons. The van der Waals surface area contributed by atoms with Gasteiger partial charge in [-0.05, 0) is 23.6 Å². The van der Waals surface area contributed by atoms with Crippen LogP contribution in [0.2, 0.25) is 5.15 Å². The first-order chi connectivity index (χ1) is 12.4. The molecule has 0 saturated carbocycles. The van der Waals surface area contributed by atoms with Crippen molar-refractivity contribution in [3.8, 4) is 0 Å². The number of halogens is 4. The van der Waals surface area contributed by atoms with Crippen LogP contribution in [0.1, 0.15) is 23.1 Å². The first-order valence-corrected chi connectivity index (χ1v) is 8.08. The Morgan fingerprint density at radius 1 is 1.27 bits per heavy atom. The zero-order valence-electron chi connectivity index (χ0n) is 13.6. The molecule has 4 nitrogen and oxygen atoms in total. The lowest BCUT2D eigenvalue weighted by atomic mass is 10.1. The number of amides is 1. The molecule has 0 atom stereocenters. The van der Waals surface area contributed by atoms with E-state index in [1.807, 2.05) is 30.3 Å². The Balaban J connectivity index is 1.79. The van der Waals surface area contributed by atoms with E-state index in [9.17, 15) is 18.0 Å². The monoisotopic (exact) mass is 384 g/mol. The standard InChI is InChI=1S/C18H16ClF3N2O2/c19-16-10-14(15(11-24-16)18(20,21)22)8-4-5-9-23-17(25)26-12-13-6-2-1-3-7-13/h1-4,6-8,10-11H,5,9,12H2,(H,23,25). The molecule has 8 heteroatoms. The van der Waals surface area contributed by atoms with Crippen LogP contribution in [0.15, 0.2) is 48.7 Å². The SMILES string of the molecule is O=C(NCCC=Cc1cc(Cl)ncc1C(F)(F)F)OCc1ccccc1. The maximum Gasteiger partial charge on any atom is 0.418 e. The number of nitrogens with one attached hydrogen (secondary N) is 1. The number of alkyl halides is 3. The summed E-state index contributed by atoms with van der Waals surface area (Å²) in [6.45, 7) is 0.372. The van der Waals surface area contributed by atoms with Crippen molar-refractivity contribution in [2.45, 2.75) is 19.2 Å². The zero-order chi connectivity index (χ0) is 19.0. The van der Waals surface area contributed by atoms with Crippen molar-refractivity contribution in [3.63, 3.8) is 0 Å². The smallest absolute Gasteiger partial charge is 0.418 e.